The van der Waals surface area contributed by atoms with Crippen LogP contribution in [0.15, 0.2) is 10.6 Å². The van der Waals surface area contributed by atoms with Gasteiger partial charge in [0.25, 0.3) is 0 Å². The fourth-order valence-electron chi connectivity index (χ4n) is 2.62. The molecule has 0 saturated carbocycles. The average molecular weight is 291 g/mol. The Morgan fingerprint density at radius 2 is 2.38 bits per heavy atom. The van der Waals surface area contributed by atoms with E-state index < -0.39 is 0 Å². The van der Waals surface area contributed by atoms with Crippen molar-refractivity contribution >= 4 is 11.9 Å². The highest BCUT2D eigenvalue weighted by molar-refractivity contribution is 5.76. The molecular formula is C12H17N7O2. The monoisotopic (exact) mass is 291 g/mol. The van der Waals surface area contributed by atoms with E-state index in [1.54, 1.807) is 0 Å². The van der Waals surface area contributed by atoms with Crippen molar-refractivity contribution in [3.63, 3.8) is 0 Å². The van der Waals surface area contributed by atoms with Crippen molar-refractivity contribution in [3.8, 4) is 0 Å². The first-order chi connectivity index (χ1) is 10.1. The van der Waals surface area contributed by atoms with E-state index in [1.165, 1.54) is 4.68 Å². The Balaban J connectivity index is 1.77. The normalized spacial score (nSPS) is 18.9. The lowest BCUT2D eigenvalue weighted by atomic mass is 9.99. The molecule has 0 spiro atoms. The Bertz CT molecular complexity index is 635. The summed E-state index contributed by atoms with van der Waals surface area (Å²) in [5, 5.41) is 14.8. The third-order valence-electron chi connectivity index (χ3n) is 3.66. The molecule has 21 heavy (non-hydrogen) atoms. The van der Waals surface area contributed by atoms with Crippen molar-refractivity contribution in [3.05, 3.63) is 17.5 Å². The first-order valence-electron chi connectivity index (χ1n) is 6.89. The van der Waals surface area contributed by atoms with Gasteiger partial charge >= 0.3 is 0 Å². The SMILES string of the molecule is Cc1cc([C@@H]2CCCCN2C(=O)Cn2nnnc2N)no1. The summed E-state index contributed by atoms with van der Waals surface area (Å²) in [6, 6.07) is 1.82. The summed E-state index contributed by atoms with van der Waals surface area (Å²) >= 11 is 0. The van der Waals surface area contributed by atoms with Crippen LogP contribution < -0.4 is 5.73 Å². The van der Waals surface area contributed by atoms with E-state index >= 15 is 0 Å². The maximum atomic E-state index is 12.5. The van der Waals surface area contributed by atoms with Crippen LogP contribution in [0.1, 0.15) is 36.8 Å². The number of tetrazole rings is 1. The highest BCUT2D eigenvalue weighted by atomic mass is 16.5. The quantitative estimate of drug-likeness (QED) is 0.864. The number of likely N-dealkylation sites (tertiary alicyclic amines) is 1. The molecule has 1 amide bonds. The molecule has 0 aliphatic carbocycles. The number of nitrogens with two attached hydrogens (primary N) is 1. The Labute approximate surface area is 121 Å². The number of hydrogen-bond acceptors (Lipinski definition) is 7. The van der Waals surface area contributed by atoms with Crippen LogP contribution in [-0.2, 0) is 11.3 Å². The number of aromatic nitrogens is 5. The van der Waals surface area contributed by atoms with E-state index in [0.717, 1.165) is 30.7 Å². The van der Waals surface area contributed by atoms with Gasteiger partial charge < -0.3 is 15.2 Å². The van der Waals surface area contributed by atoms with Gasteiger partial charge in [0.2, 0.25) is 11.9 Å². The number of nitrogen functional groups attached to an aromatic ring is 1. The number of nitrogens with zero attached hydrogens (tertiary/aromatic N) is 6. The van der Waals surface area contributed by atoms with Crippen LogP contribution in [-0.4, -0.2) is 42.7 Å². The Morgan fingerprint density at radius 3 is 3.05 bits per heavy atom. The van der Waals surface area contributed by atoms with Crippen molar-refractivity contribution in [2.24, 2.45) is 0 Å². The Morgan fingerprint density at radius 1 is 1.52 bits per heavy atom. The molecule has 9 nitrogen and oxygen atoms in total. The Kier molecular flexibility index (Phi) is 3.55. The third kappa shape index (κ3) is 2.71. The molecule has 0 bridgehead atoms. The number of anilines is 1. The zero-order chi connectivity index (χ0) is 14.8. The van der Waals surface area contributed by atoms with Crippen LogP contribution in [0, 0.1) is 6.92 Å². The summed E-state index contributed by atoms with van der Waals surface area (Å²) in [7, 11) is 0. The van der Waals surface area contributed by atoms with Gasteiger partial charge in [-0.1, -0.05) is 10.3 Å². The van der Waals surface area contributed by atoms with E-state index in [4.69, 9.17) is 10.3 Å². The second-order valence-electron chi connectivity index (χ2n) is 5.16. The molecule has 1 aliphatic heterocycles. The van der Waals surface area contributed by atoms with Crippen LogP contribution in [0.3, 0.4) is 0 Å². The second-order valence-corrected chi connectivity index (χ2v) is 5.16. The summed E-state index contributed by atoms with van der Waals surface area (Å²) in [5.41, 5.74) is 6.39. The van der Waals surface area contributed by atoms with Crippen LogP contribution in [0.25, 0.3) is 0 Å². The lowest BCUT2D eigenvalue weighted by Gasteiger charge is -2.34. The molecule has 1 aliphatic rings. The largest absolute Gasteiger partial charge is 0.367 e. The van der Waals surface area contributed by atoms with E-state index in [-0.39, 0.29) is 24.4 Å². The van der Waals surface area contributed by atoms with Gasteiger partial charge in [-0.15, -0.1) is 0 Å². The van der Waals surface area contributed by atoms with Crippen LogP contribution >= 0.6 is 0 Å². The molecule has 9 heteroatoms. The molecule has 1 atom stereocenters. The zero-order valence-electron chi connectivity index (χ0n) is 11.8. The van der Waals surface area contributed by atoms with Gasteiger partial charge in [-0.3, -0.25) is 4.79 Å². The second kappa shape index (κ2) is 5.51. The number of aryl methyl sites for hydroxylation is 1. The molecule has 2 N–H and O–H groups in total. The molecule has 1 saturated heterocycles. The van der Waals surface area contributed by atoms with Crippen LogP contribution in [0.5, 0.6) is 0 Å². The van der Waals surface area contributed by atoms with E-state index in [0.29, 0.717) is 6.54 Å². The lowest BCUT2D eigenvalue weighted by molar-refractivity contribution is -0.136. The number of carbonyl (C=O) groups excluding carboxylic acids is 1. The predicted octanol–water partition coefficient (Wildman–Crippen LogP) is 0.306. The smallest absolute Gasteiger partial charge is 0.245 e. The van der Waals surface area contributed by atoms with Crippen molar-refractivity contribution in [1.82, 2.24) is 30.3 Å². The minimum Gasteiger partial charge on any atom is -0.367 e. The van der Waals surface area contributed by atoms with E-state index in [9.17, 15) is 4.79 Å². The fraction of sp³-hybridized carbons (Fsp3) is 0.583. The highest BCUT2D eigenvalue weighted by Crippen LogP contribution is 2.30. The highest BCUT2D eigenvalue weighted by Gasteiger charge is 2.30. The molecule has 112 valence electrons. The number of hydrogen-bond donors (Lipinski definition) is 1. The maximum Gasteiger partial charge on any atom is 0.245 e. The minimum absolute atomic E-state index is 0.0339. The van der Waals surface area contributed by atoms with Gasteiger partial charge in [0.15, 0.2) is 0 Å². The zero-order valence-corrected chi connectivity index (χ0v) is 11.8. The standard InChI is InChI=1S/C12H17N7O2/c1-8-6-9(15-21-8)10-4-2-3-5-18(10)11(20)7-19-12(13)14-16-17-19/h6,10H,2-5,7H2,1H3,(H2,13,14,17)/t10-/m0/s1. The number of amides is 1. The molecular weight excluding hydrogens is 274 g/mol. The van der Waals surface area contributed by atoms with Gasteiger partial charge in [0, 0.05) is 12.6 Å². The molecule has 2 aromatic rings. The molecule has 0 unspecified atom stereocenters. The summed E-state index contributed by atoms with van der Waals surface area (Å²) in [6.07, 6.45) is 2.92. The molecule has 0 radical (unpaired) electrons. The van der Waals surface area contributed by atoms with E-state index in [2.05, 4.69) is 20.7 Å². The predicted molar refractivity (Wildman–Crippen MR) is 71.8 cm³/mol. The summed E-state index contributed by atoms with van der Waals surface area (Å²) in [6.45, 7) is 2.57. The summed E-state index contributed by atoms with van der Waals surface area (Å²) in [5.74, 6) is 0.807. The minimum atomic E-state index is -0.0700. The molecule has 1 fully saturated rings. The third-order valence-corrected chi connectivity index (χ3v) is 3.66. The Hall–Kier alpha value is -2.45. The van der Waals surface area contributed by atoms with Crippen molar-refractivity contribution in [2.45, 2.75) is 38.8 Å². The van der Waals surface area contributed by atoms with Gasteiger partial charge in [0.1, 0.15) is 18.0 Å². The van der Waals surface area contributed by atoms with Gasteiger partial charge in [-0.2, -0.15) is 0 Å². The van der Waals surface area contributed by atoms with Crippen LogP contribution in [0.2, 0.25) is 0 Å². The topological polar surface area (TPSA) is 116 Å². The summed E-state index contributed by atoms with van der Waals surface area (Å²) < 4.78 is 6.42. The lowest BCUT2D eigenvalue weighted by Crippen LogP contribution is -2.40. The molecule has 3 heterocycles. The maximum absolute atomic E-state index is 12.5. The molecule has 2 aromatic heterocycles. The fourth-order valence-corrected chi connectivity index (χ4v) is 2.62. The first kappa shape index (κ1) is 13.5. The summed E-state index contributed by atoms with van der Waals surface area (Å²) in [4.78, 5) is 14.3. The van der Waals surface area contributed by atoms with Crippen molar-refractivity contribution in [2.75, 3.05) is 12.3 Å². The number of piperidine rings is 1. The van der Waals surface area contributed by atoms with Gasteiger partial charge in [0.05, 0.1) is 6.04 Å². The molecule has 3 rings (SSSR count). The van der Waals surface area contributed by atoms with E-state index in [1.807, 2.05) is 17.9 Å². The number of carbonyl (C=O) groups is 1. The molecule has 0 aromatic carbocycles. The van der Waals surface area contributed by atoms with Crippen molar-refractivity contribution < 1.29 is 9.32 Å². The first-order valence-corrected chi connectivity index (χ1v) is 6.89. The van der Waals surface area contributed by atoms with Crippen LogP contribution in [0.4, 0.5) is 5.95 Å². The average Bonchev–Trinajstić information content (AvgIpc) is 3.08. The van der Waals surface area contributed by atoms with Crippen molar-refractivity contribution in [1.29, 1.82) is 0 Å². The van der Waals surface area contributed by atoms with Gasteiger partial charge in [-0.05, 0) is 36.6 Å². The van der Waals surface area contributed by atoms with Gasteiger partial charge in [-0.25, -0.2) is 4.68 Å². The number of rotatable bonds is 3.